The van der Waals surface area contributed by atoms with Crippen LogP contribution in [0.15, 0.2) is 9.21 Å². The van der Waals surface area contributed by atoms with E-state index in [9.17, 15) is 14.4 Å². The number of carbonyl (C=O) groups is 2. The molecule has 1 heterocycles. The van der Waals surface area contributed by atoms with Gasteiger partial charge < -0.3 is 4.42 Å². The summed E-state index contributed by atoms with van der Waals surface area (Å²) in [6, 6.07) is 0. The van der Waals surface area contributed by atoms with Crippen LogP contribution in [0.4, 0.5) is 0 Å². The molecule has 0 amide bonds. The van der Waals surface area contributed by atoms with E-state index in [0.717, 1.165) is 11.1 Å². The Hall–Kier alpha value is -1.71. The zero-order valence-electron chi connectivity index (χ0n) is 11.0. The maximum atomic E-state index is 11.9. The van der Waals surface area contributed by atoms with Gasteiger partial charge in [0.1, 0.15) is 17.3 Å². The summed E-state index contributed by atoms with van der Waals surface area (Å²) in [6.07, 6.45) is 0.675. The van der Waals surface area contributed by atoms with E-state index in [4.69, 9.17) is 4.42 Å². The second-order valence-corrected chi connectivity index (χ2v) is 5.08. The van der Waals surface area contributed by atoms with Crippen molar-refractivity contribution in [1.29, 1.82) is 0 Å². The monoisotopic (exact) mass is 248 g/mol. The molecule has 4 nitrogen and oxygen atoms in total. The van der Waals surface area contributed by atoms with Crippen molar-refractivity contribution in [1.82, 2.24) is 0 Å². The summed E-state index contributed by atoms with van der Waals surface area (Å²) in [4.78, 5) is 35.3. The van der Waals surface area contributed by atoms with E-state index >= 15 is 0 Å². The van der Waals surface area contributed by atoms with Crippen molar-refractivity contribution in [2.24, 2.45) is 5.41 Å². The highest BCUT2D eigenvalue weighted by Gasteiger charge is 2.47. The van der Waals surface area contributed by atoms with Crippen molar-refractivity contribution in [3.05, 3.63) is 32.9 Å². The molecule has 18 heavy (non-hydrogen) atoms. The number of carbonyl (C=O) groups excluding carboxylic acids is 2. The normalized spacial score (nSPS) is 16.4. The summed E-state index contributed by atoms with van der Waals surface area (Å²) in [5, 5.41) is 0. The summed E-state index contributed by atoms with van der Waals surface area (Å²) in [6.45, 7) is 6.26. The van der Waals surface area contributed by atoms with Crippen LogP contribution >= 0.6 is 0 Å². The molecule has 1 aromatic rings. The molecule has 1 aliphatic rings. The van der Waals surface area contributed by atoms with Gasteiger partial charge in [0.2, 0.25) is 0 Å². The Morgan fingerprint density at radius 1 is 1.06 bits per heavy atom. The molecule has 4 heteroatoms. The van der Waals surface area contributed by atoms with Crippen molar-refractivity contribution in [2.45, 2.75) is 40.5 Å². The van der Waals surface area contributed by atoms with Crippen molar-refractivity contribution in [3.8, 4) is 0 Å². The van der Waals surface area contributed by atoms with Gasteiger partial charge in [-0.25, -0.2) is 4.79 Å². The average molecular weight is 248 g/mol. The van der Waals surface area contributed by atoms with Crippen LogP contribution in [-0.4, -0.2) is 11.6 Å². The Bertz CT molecular complexity index is 593. The van der Waals surface area contributed by atoms with Crippen LogP contribution in [0.3, 0.4) is 0 Å². The van der Waals surface area contributed by atoms with Crippen LogP contribution in [0.1, 0.15) is 36.3 Å². The highest BCUT2D eigenvalue weighted by atomic mass is 16.4. The molecule has 2 rings (SSSR count). The summed E-state index contributed by atoms with van der Waals surface area (Å²) >= 11 is 0. The van der Waals surface area contributed by atoms with Gasteiger partial charge in [-0.05, 0) is 51.7 Å². The maximum Gasteiger partial charge on any atom is 0.339 e. The molecule has 96 valence electrons. The predicted octanol–water partition coefficient (Wildman–Crippen LogP) is 1.52. The topological polar surface area (TPSA) is 64.3 Å². The lowest BCUT2D eigenvalue weighted by atomic mass is 9.77. The lowest BCUT2D eigenvalue weighted by Crippen LogP contribution is -2.37. The molecule has 0 radical (unpaired) electrons. The number of ketones is 2. The van der Waals surface area contributed by atoms with E-state index < -0.39 is 5.41 Å². The predicted molar refractivity (Wildman–Crippen MR) is 65.7 cm³/mol. The molecular formula is C14H16O4. The second kappa shape index (κ2) is 3.90. The summed E-state index contributed by atoms with van der Waals surface area (Å²) in [5.41, 5.74) is 0.794. The van der Waals surface area contributed by atoms with Gasteiger partial charge >= 0.3 is 5.63 Å². The van der Waals surface area contributed by atoms with Crippen LogP contribution in [-0.2, 0) is 22.4 Å². The molecule has 0 aliphatic heterocycles. The molecule has 0 bridgehead atoms. The van der Waals surface area contributed by atoms with Crippen LogP contribution in [0.2, 0.25) is 0 Å². The number of aryl methyl sites for hydroxylation is 1. The third-order valence-corrected chi connectivity index (χ3v) is 4.10. The van der Waals surface area contributed by atoms with Crippen LogP contribution < -0.4 is 5.63 Å². The average Bonchev–Trinajstić information content (AvgIpc) is 2.68. The smallest absolute Gasteiger partial charge is 0.339 e. The third kappa shape index (κ3) is 1.55. The highest BCUT2D eigenvalue weighted by Crippen LogP contribution is 2.40. The molecule has 0 saturated heterocycles. The van der Waals surface area contributed by atoms with E-state index in [-0.39, 0.29) is 17.2 Å². The molecule has 0 fully saturated rings. The van der Waals surface area contributed by atoms with Gasteiger partial charge in [0.15, 0.2) is 0 Å². The minimum atomic E-state index is -0.999. The first-order valence-electron chi connectivity index (χ1n) is 5.93. The number of Topliss-reactive ketones (excluding diaryl/α,β-unsaturated/α-hetero) is 2. The molecule has 0 N–H and O–H groups in total. The largest absolute Gasteiger partial charge is 0.428 e. The van der Waals surface area contributed by atoms with Crippen molar-refractivity contribution in [3.63, 3.8) is 0 Å². The van der Waals surface area contributed by atoms with Crippen molar-refractivity contribution < 1.29 is 14.0 Å². The van der Waals surface area contributed by atoms with Crippen LogP contribution in [0.25, 0.3) is 0 Å². The van der Waals surface area contributed by atoms with E-state index in [2.05, 4.69) is 0 Å². The van der Waals surface area contributed by atoms with Gasteiger partial charge in [-0.2, -0.15) is 0 Å². The lowest BCUT2D eigenvalue weighted by Gasteiger charge is -2.21. The fourth-order valence-electron chi connectivity index (χ4n) is 2.72. The van der Waals surface area contributed by atoms with Gasteiger partial charge in [0.05, 0.1) is 5.41 Å². The van der Waals surface area contributed by atoms with E-state index in [0.29, 0.717) is 24.2 Å². The zero-order chi connectivity index (χ0) is 13.7. The van der Waals surface area contributed by atoms with Crippen LogP contribution in [0, 0.1) is 19.3 Å². The van der Waals surface area contributed by atoms with Crippen LogP contribution in [0.5, 0.6) is 0 Å². The number of rotatable bonds is 2. The summed E-state index contributed by atoms with van der Waals surface area (Å²) < 4.78 is 5.13. The van der Waals surface area contributed by atoms with E-state index in [1.54, 1.807) is 13.8 Å². The Balaban J connectivity index is 2.66. The number of fused-ring (bicyclic) bond motifs is 1. The first-order valence-corrected chi connectivity index (χ1v) is 5.93. The number of hydrogen-bond acceptors (Lipinski definition) is 4. The Morgan fingerprint density at radius 3 is 2.06 bits per heavy atom. The standard InChI is InChI=1S/C14H16O4/c1-7-11-5-14(9(3)15,10(4)16)6-12(11)8(2)18-13(7)17/h5-6H2,1-4H3. The highest BCUT2D eigenvalue weighted by molar-refractivity contribution is 6.06. The molecule has 0 spiro atoms. The zero-order valence-corrected chi connectivity index (χ0v) is 11.0. The molecule has 1 aromatic heterocycles. The van der Waals surface area contributed by atoms with E-state index in [1.807, 2.05) is 0 Å². The minimum Gasteiger partial charge on any atom is -0.428 e. The first kappa shape index (κ1) is 12.7. The fourth-order valence-corrected chi connectivity index (χ4v) is 2.72. The van der Waals surface area contributed by atoms with E-state index in [1.165, 1.54) is 13.8 Å². The fraction of sp³-hybridized carbons (Fsp3) is 0.500. The van der Waals surface area contributed by atoms with Gasteiger partial charge in [-0.1, -0.05) is 0 Å². The van der Waals surface area contributed by atoms with Gasteiger partial charge in [-0.3, -0.25) is 9.59 Å². The number of hydrogen-bond donors (Lipinski definition) is 0. The molecular weight excluding hydrogens is 232 g/mol. The Kier molecular flexibility index (Phi) is 2.76. The minimum absolute atomic E-state index is 0.141. The first-order chi connectivity index (χ1) is 8.29. The molecule has 1 aliphatic carbocycles. The quantitative estimate of drug-likeness (QED) is 0.744. The molecule has 0 saturated carbocycles. The van der Waals surface area contributed by atoms with Gasteiger partial charge in [0, 0.05) is 5.56 Å². The van der Waals surface area contributed by atoms with Crippen molar-refractivity contribution >= 4 is 11.6 Å². The Labute approximate surface area is 105 Å². The second-order valence-electron chi connectivity index (χ2n) is 5.08. The Morgan fingerprint density at radius 2 is 1.56 bits per heavy atom. The van der Waals surface area contributed by atoms with Crippen molar-refractivity contribution in [2.75, 3.05) is 0 Å². The molecule has 0 unspecified atom stereocenters. The van der Waals surface area contributed by atoms with Gasteiger partial charge in [0.25, 0.3) is 0 Å². The molecule has 0 aromatic carbocycles. The third-order valence-electron chi connectivity index (χ3n) is 4.10. The summed E-state index contributed by atoms with van der Waals surface area (Å²) in [7, 11) is 0. The lowest BCUT2D eigenvalue weighted by molar-refractivity contribution is -0.137. The summed E-state index contributed by atoms with van der Waals surface area (Å²) in [5.74, 6) is 0.236. The van der Waals surface area contributed by atoms with Gasteiger partial charge in [-0.15, -0.1) is 0 Å². The molecule has 0 atom stereocenters. The SMILES string of the molecule is CC(=O)C1(C(C)=O)Cc2c(C)oc(=O)c(C)c2C1. The maximum absolute atomic E-state index is 11.9.